The second-order valence-corrected chi connectivity index (χ2v) is 11.1. The molecular formula is C37H30F2N2O2. The van der Waals surface area contributed by atoms with Gasteiger partial charge in [0.2, 0.25) is 0 Å². The maximum Gasteiger partial charge on any atom is 0.411 e. The zero-order chi connectivity index (χ0) is 29.4. The van der Waals surface area contributed by atoms with E-state index in [-0.39, 0.29) is 11.6 Å². The van der Waals surface area contributed by atoms with Gasteiger partial charge in [-0.05, 0) is 41.0 Å². The third kappa shape index (κ3) is 4.33. The highest BCUT2D eigenvalue weighted by Crippen LogP contribution is 2.50. The number of rotatable bonds is 6. The summed E-state index contributed by atoms with van der Waals surface area (Å²) >= 11 is 0. The van der Waals surface area contributed by atoms with Gasteiger partial charge in [-0.15, -0.1) is 0 Å². The molecule has 214 valence electrons. The number of hydrogen-bond acceptors (Lipinski definition) is 3. The summed E-state index contributed by atoms with van der Waals surface area (Å²) in [5.74, 6) is -0.776. The van der Waals surface area contributed by atoms with Gasteiger partial charge in [-0.2, -0.15) is 0 Å². The van der Waals surface area contributed by atoms with E-state index in [2.05, 4.69) is 77.7 Å². The van der Waals surface area contributed by atoms with Gasteiger partial charge < -0.3 is 4.74 Å². The molecule has 0 aliphatic carbocycles. The summed E-state index contributed by atoms with van der Waals surface area (Å²) in [5, 5.41) is 0. The molecule has 5 aromatic rings. The van der Waals surface area contributed by atoms with E-state index in [0.717, 1.165) is 16.7 Å². The van der Waals surface area contributed by atoms with Gasteiger partial charge >= 0.3 is 6.09 Å². The first-order valence-electron chi connectivity index (χ1n) is 14.5. The van der Waals surface area contributed by atoms with Crippen molar-refractivity contribution in [1.29, 1.82) is 0 Å². The summed E-state index contributed by atoms with van der Waals surface area (Å²) in [5.41, 5.74) is 2.58. The SMILES string of the molecule is O=C1OC(c2ccc(F)cc2)(c2ccc(F)cc2)C2CN(C(c3ccccc3)(c3ccccc3)c3ccccc3)CCN12. The van der Waals surface area contributed by atoms with Crippen LogP contribution in [0.25, 0.3) is 0 Å². The van der Waals surface area contributed by atoms with Crippen molar-refractivity contribution in [3.05, 3.63) is 179 Å². The van der Waals surface area contributed by atoms with Crippen molar-refractivity contribution < 1.29 is 18.3 Å². The molecule has 4 nitrogen and oxygen atoms in total. The van der Waals surface area contributed by atoms with Crippen LogP contribution in [0.1, 0.15) is 27.8 Å². The zero-order valence-electron chi connectivity index (χ0n) is 23.4. The number of fused-ring (bicyclic) bond motifs is 1. The number of amides is 1. The third-order valence-electron chi connectivity index (χ3n) is 8.93. The number of ether oxygens (including phenoxy) is 1. The van der Waals surface area contributed by atoms with E-state index in [1.807, 2.05) is 18.2 Å². The third-order valence-corrected chi connectivity index (χ3v) is 8.93. The summed E-state index contributed by atoms with van der Waals surface area (Å²) in [6, 6.07) is 42.9. The van der Waals surface area contributed by atoms with Crippen LogP contribution in [0.15, 0.2) is 140 Å². The number of piperazine rings is 1. The summed E-state index contributed by atoms with van der Waals surface area (Å²) in [6.07, 6.45) is -0.442. The number of carbonyl (C=O) groups excluding carboxylic acids is 1. The van der Waals surface area contributed by atoms with Crippen LogP contribution >= 0.6 is 0 Å². The normalized spacial score (nSPS) is 18.2. The Morgan fingerprint density at radius 1 is 0.605 bits per heavy atom. The molecule has 0 spiro atoms. The molecule has 0 bridgehead atoms. The first kappa shape index (κ1) is 27.0. The highest BCUT2D eigenvalue weighted by atomic mass is 19.1. The van der Waals surface area contributed by atoms with Gasteiger partial charge in [-0.3, -0.25) is 9.80 Å². The van der Waals surface area contributed by atoms with E-state index < -0.39 is 23.3 Å². The van der Waals surface area contributed by atoms with Crippen molar-refractivity contribution in [1.82, 2.24) is 9.80 Å². The number of benzene rings is 5. The van der Waals surface area contributed by atoms with Gasteiger partial charge in [0, 0.05) is 30.8 Å². The summed E-state index contributed by atoms with van der Waals surface area (Å²) in [7, 11) is 0. The lowest BCUT2D eigenvalue weighted by Gasteiger charge is -2.51. The van der Waals surface area contributed by atoms with Gasteiger partial charge in [0.1, 0.15) is 11.6 Å². The van der Waals surface area contributed by atoms with Crippen molar-refractivity contribution in [2.75, 3.05) is 19.6 Å². The molecule has 1 atom stereocenters. The van der Waals surface area contributed by atoms with Gasteiger partial charge in [-0.1, -0.05) is 115 Å². The molecule has 1 amide bonds. The maximum atomic E-state index is 14.2. The highest BCUT2D eigenvalue weighted by molar-refractivity contribution is 5.74. The Hall–Kier alpha value is -4.81. The standard InChI is InChI=1S/C37H30F2N2O2/c38-32-20-16-30(17-21-32)37(31-18-22-33(39)23-19-31)34-26-40(24-25-41(34)35(42)43-37)36(27-10-4-1-5-11-27,28-12-6-2-7-13-28)29-14-8-3-9-15-29/h1-23,34H,24-26H2. The Morgan fingerprint density at radius 2 is 1.02 bits per heavy atom. The lowest BCUT2D eigenvalue weighted by atomic mass is 9.73. The summed E-state index contributed by atoms with van der Waals surface area (Å²) in [4.78, 5) is 17.8. The molecule has 43 heavy (non-hydrogen) atoms. The minimum atomic E-state index is -1.28. The van der Waals surface area contributed by atoms with Crippen LogP contribution in [0.2, 0.25) is 0 Å². The molecule has 0 saturated carbocycles. The van der Waals surface area contributed by atoms with Crippen LogP contribution in [-0.2, 0) is 15.9 Å². The van der Waals surface area contributed by atoms with Gasteiger partial charge in [-0.25, -0.2) is 13.6 Å². The molecule has 2 saturated heterocycles. The lowest BCUT2D eigenvalue weighted by molar-refractivity contribution is 0.0185. The van der Waals surface area contributed by atoms with Gasteiger partial charge in [0.05, 0.1) is 11.6 Å². The molecule has 1 unspecified atom stereocenters. The minimum absolute atomic E-state index is 0.388. The van der Waals surface area contributed by atoms with E-state index in [1.54, 1.807) is 29.2 Å². The summed E-state index contributed by atoms with van der Waals surface area (Å²) in [6.45, 7) is 1.42. The maximum absolute atomic E-state index is 14.2. The Balaban J connectivity index is 1.45. The molecule has 6 heteroatoms. The fourth-order valence-corrected chi connectivity index (χ4v) is 7.07. The zero-order valence-corrected chi connectivity index (χ0v) is 23.4. The average Bonchev–Trinajstić information content (AvgIpc) is 3.36. The molecule has 0 radical (unpaired) electrons. The first-order chi connectivity index (χ1) is 21.0. The van der Waals surface area contributed by atoms with Crippen LogP contribution in [0, 0.1) is 11.6 Å². The van der Waals surface area contributed by atoms with Crippen molar-refractivity contribution in [3.63, 3.8) is 0 Å². The van der Waals surface area contributed by atoms with Gasteiger partial charge in [0.15, 0.2) is 5.60 Å². The van der Waals surface area contributed by atoms with Crippen molar-refractivity contribution >= 4 is 6.09 Å². The molecule has 0 N–H and O–H groups in total. The van der Waals surface area contributed by atoms with E-state index in [9.17, 15) is 13.6 Å². The fraction of sp³-hybridized carbons (Fsp3) is 0.162. The number of carbonyl (C=O) groups is 1. The molecular weight excluding hydrogens is 542 g/mol. The molecule has 2 aliphatic heterocycles. The Morgan fingerprint density at radius 3 is 1.44 bits per heavy atom. The van der Waals surface area contributed by atoms with E-state index in [4.69, 9.17) is 4.74 Å². The number of nitrogens with zero attached hydrogens (tertiary/aromatic N) is 2. The molecule has 5 aromatic carbocycles. The number of halogens is 2. The molecule has 2 fully saturated rings. The van der Waals surface area contributed by atoms with Crippen LogP contribution in [0.4, 0.5) is 13.6 Å². The minimum Gasteiger partial charge on any atom is -0.431 e. The highest BCUT2D eigenvalue weighted by Gasteiger charge is 2.60. The lowest BCUT2D eigenvalue weighted by Crippen LogP contribution is -2.62. The predicted molar refractivity (Wildman–Crippen MR) is 161 cm³/mol. The van der Waals surface area contributed by atoms with E-state index in [1.165, 1.54) is 24.3 Å². The Labute approximate surface area is 249 Å². The molecule has 2 heterocycles. The van der Waals surface area contributed by atoms with Crippen molar-refractivity contribution in [3.8, 4) is 0 Å². The molecule has 7 rings (SSSR count). The molecule has 2 aliphatic rings. The average molecular weight is 573 g/mol. The van der Waals surface area contributed by atoms with Crippen molar-refractivity contribution in [2.24, 2.45) is 0 Å². The first-order valence-corrected chi connectivity index (χ1v) is 14.5. The van der Waals surface area contributed by atoms with Crippen LogP contribution in [0.5, 0.6) is 0 Å². The Kier molecular flexibility index (Phi) is 6.79. The molecule has 0 aromatic heterocycles. The van der Waals surface area contributed by atoms with E-state index >= 15 is 0 Å². The van der Waals surface area contributed by atoms with Crippen molar-refractivity contribution in [2.45, 2.75) is 17.2 Å². The van der Waals surface area contributed by atoms with Crippen LogP contribution in [0.3, 0.4) is 0 Å². The second kappa shape index (κ2) is 10.8. The number of cyclic esters (lactones) is 1. The monoisotopic (exact) mass is 572 g/mol. The van der Waals surface area contributed by atoms with E-state index in [0.29, 0.717) is 30.8 Å². The summed E-state index contributed by atoms with van der Waals surface area (Å²) < 4.78 is 34.7. The smallest absolute Gasteiger partial charge is 0.411 e. The number of hydrogen-bond donors (Lipinski definition) is 0. The topological polar surface area (TPSA) is 32.8 Å². The largest absolute Gasteiger partial charge is 0.431 e. The van der Waals surface area contributed by atoms with Crippen LogP contribution in [-0.4, -0.2) is 41.6 Å². The fourth-order valence-electron chi connectivity index (χ4n) is 7.07. The quantitative estimate of drug-likeness (QED) is 0.200. The van der Waals surface area contributed by atoms with Crippen LogP contribution < -0.4 is 0 Å². The Bertz CT molecular complexity index is 1570. The predicted octanol–water partition coefficient (Wildman–Crippen LogP) is 7.34. The second-order valence-electron chi connectivity index (χ2n) is 11.1. The van der Waals surface area contributed by atoms with Gasteiger partial charge in [0.25, 0.3) is 0 Å².